The summed E-state index contributed by atoms with van der Waals surface area (Å²) in [6.45, 7) is 6.12. The van der Waals surface area contributed by atoms with Gasteiger partial charge < -0.3 is 4.74 Å². The van der Waals surface area contributed by atoms with Gasteiger partial charge in [-0.05, 0) is 39.7 Å². The van der Waals surface area contributed by atoms with Crippen LogP contribution in [0.3, 0.4) is 0 Å². The Hall–Kier alpha value is -0.800. The first-order valence-electron chi connectivity index (χ1n) is 7.46. The van der Waals surface area contributed by atoms with Gasteiger partial charge in [-0.1, -0.05) is 6.42 Å². The first-order valence-corrected chi connectivity index (χ1v) is 8.00. The zero-order valence-electron chi connectivity index (χ0n) is 12.8. The Morgan fingerprint density at radius 2 is 2.15 bits per heavy atom. The number of aromatic nitrogens is 1. The molecule has 0 N–H and O–H groups in total. The predicted octanol–water partition coefficient (Wildman–Crippen LogP) is 3.69. The first kappa shape index (κ1) is 15.6. The molecule has 0 spiro atoms. The van der Waals surface area contributed by atoms with E-state index in [4.69, 9.17) is 16.3 Å². The van der Waals surface area contributed by atoms with E-state index in [1.807, 2.05) is 13.1 Å². The molecule has 1 aliphatic carbocycles. The number of halogens is 1. The Balaban J connectivity index is 2.13. The number of rotatable bonds is 7. The molecule has 1 aliphatic rings. The molecular formula is C16H25ClN2O. The van der Waals surface area contributed by atoms with Crippen LogP contribution in [0.15, 0.2) is 6.20 Å². The molecule has 4 heteroatoms. The zero-order chi connectivity index (χ0) is 14.5. The van der Waals surface area contributed by atoms with Crippen molar-refractivity contribution < 1.29 is 4.74 Å². The number of ether oxygens (including phenoxy) is 1. The number of aryl methyl sites for hydroxylation is 1. The van der Waals surface area contributed by atoms with E-state index < -0.39 is 0 Å². The monoisotopic (exact) mass is 296 g/mol. The minimum absolute atomic E-state index is 0.715. The van der Waals surface area contributed by atoms with Crippen LogP contribution < -0.4 is 4.74 Å². The van der Waals surface area contributed by atoms with Crippen LogP contribution in [0.4, 0.5) is 0 Å². The smallest absolute Gasteiger partial charge is 0.128 e. The van der Waals surface area contributed by atoms with Crippen molar-refractivity contribution in [3.63, 3.8) is 0 Å². The SMILES string of the molecule is COc1c(C)cnc(CN(CCCCl)C2CCC2)c1C. The predicted molar refractivity (Wildman–Crippen MR) is 83.6 cm³/mol. The van der Waals surface area contributed by atoms with Gasteiger partial charge in [-0.3, -0.25) is 9.88 Å². The maximum absolute atomic E-state index is 5.85. The van der Waals surface area contributed by atoms with Crippen LogP contribution in [0.2, 0.25) is 0 Å². The normalized spacial score (nSPS) is 15.4. The van der Waals surface area contributed by atoms with E-state index >= 15 is 0 Å². The Kier molecular flexibility index (Phi) is 5.67. The molecule has 0 bridgehead atoms. The second kappa shape index (κ2) is 7.28. The van der Waals surface area contributed by atoms with Crippen molar-refractivity contribution in [2.45, 2.75) is 52.1 Å². The van der Waals surface area contributed by atoms with Crippen molar-refractivity contribution in [3.8, 4) is 5.75 Å². The molecule has 0 radical (unpaired) electrons. The summed E-state index contributed by atoms with van der Waals surface area (Å²) in [5.41, 5.74) is 3.40. The van der Waals surface area contributed by atoms with E-state index in [9.17, 15) is 0 Å². The molecule has 0 unspecified atom stereocenters. The summed E-state index contributed by atoms with van der Waals surface area (Å²) in [5, 5.41) is 0. The molecule has 0 amide bonds. The lowest BCUT2D eigenvalue weighted by molar-refractivity contribution is 0.118. The number of nitrogens with zero attached hydrogens (tertiary/aromatic N) is 2. The molecule has 20 heavy (non-hydrogen) atoms. The van der Waals surface area contributed by atoms with Gasteiger partial charge >= 0.3 is 0 Å². The van der Waals surface area contributed by atoms with Gasteiger partial charge in [0, 0.05) is 35.8 Å². The van der Waals surface area contributed by atoms with Crippen molar-refractivity contribution in [1.29, 1.82) is 0 Å². The van der Waals surface area contributed by atoms with Crippen molar-refractivity contribution in [2.24, 2.45) is 0 Å². The summed E-state index contributed by atoms with van der Waals surface area (Å²) in [4.78, 5) is 7.16. The second-order valence-corrected chi connectivity index (χ2v) is 6.02. The fraction of sp³-hybridized carbons (Fsp3) is 0.688. The van der Waals surface area contributed by atoms with E-state index in [0.29, 0.717) is 6.04 Å². The molecular weight excluding hydrogens is 272 g/mol. The lowest BCUT2D eigenvalue weighted by atomic mass is 9.91. The van der Waals surface area contributed by atoms with Crippen molar-refractivity contribution >= 4 is 11.6 Å². The minimum Gasteiger partial charge on any atom is -0.496 e. The topological polar surface area (TPSA) is 25.4 Å². The van der Waals surface area contributed by atoms with Gasteiger partial charge in [-0.15, -0.1) is 11.6 Å². The third kappa shape index (κ3) is 3.44. The van der Waals surface area contributed by atoms with E-state index in [1.54, 1.807) is 7.11 Å². The van der Waals surface area contributed by atoms with Crippen LogP contribution in [-0.4, -0.2) is 35.5 Å². The van der Waals surface area contributed by atoms with Gasteiger partial charge in [0.05, 0.1) is 12.8 Å². The average molecular weight is 297 g/mol. The van der Waals surface area contributed by atoms with Crippen LogP contribution in [-0.2, 0) is 6.54 Å². The highest BCUT2D eigenvalue weighted by Gasteiger charge is 2.25. The highest BCUT2D eigenvalue weighted by Crippen LogP contribution is 2.29. The van der Waals surface area contributed by atoms with Gasteiger partial charge in [0.25, 0.3) is 0 Å². The standard InChI is InChI=1S/C16H25ClN2O/c1-12-10-18-15(13(2)16(12)20-3)11-19(9-5-8-17)14-6-4-7-14/h10,14H,4-9,11H2,1-3H3. The quantitative estimate of drug-likeness (QED) is 0.718. The number of methoxy groups -OCH3 is 1. The molecule has 3 nitrogen and oxygen atoms in total. The molecule has 1 heterocycles. The third-order valence-corrected chi connectivity index (χ3v) is 4.54. The maximum Gasteiger partial charge on any atom is 0.128 e. The Morgan fingerprint density at radius 1 is 1.40 bits per heavy atom. The van der Waals surface area contributed by atoms with Crippen molar-refractivity contribution in [3.05, 3.63) is 23.0 Å². The van der Waals surface area contributed by atoms with Gasteiger partial charge in [-0.25, -0.2) is 0 Å². The lowest BCUT2D eigenvalue weighted by Gasteiger charge is -2.37. The molecule has 0 saturated heterocycles. The van der Waals surface area contributed by atoms with Crippen molar-refractivity contribution in [2.75, 3.05) is 19.5 Å². The van der Waals surface area contributed by atoms with Gasteiger partial charge in [0.1, 0.15) is 5.75 Å². The summed E-state index contributed by atoms with van der Waals surface area (Å²) in [6, 6.07) is 0.715. The summed E-state index contributed by atoms with van der Waals surface area (Å²) in [5.74, 6) is 1.70. The molecule has 2 rings (SSSR count). The second-order valence-electron chi connectivity index (χ2n) is 5.64. The molecule has 0 aromatic carbocycles. The highest BCUT2D eigenvalue weighted by atomic mass is 35.5. The van der Waals surface area contributed by atoms with E-state index in [-0.39, 0.29) is 0 Å². The van der Waals surface area contributed by atoms with Crippen LogP contribution in [0.1, 0.15) is 42.5 Å². The first-order chi connectivity index (χ1) is 9.67. The van der Waals surface area contributed by atoms with Crippen LogP contribution >= 0.6 is 11.6 Å². The maximum atomic E-state index is 5.85. The zero-order valence-corrected chi connectivity index (χ0v) is 13.5. The van der Waals surface area contributed by atoms with E-state index in [0.717, 1.165) is 42.4 Å². The highest BCUT2D eigenvalue weighted by molar-refractivity contribution is 6.17. The average Bonchev–Trinajstić information content (AvgIpc) is 2.37. The Morgan fingerprint density at radius 3 is 2.70 bits per heavy atom. The molecule has 1 saturated carbocycles. The minimum atomic E-state index is 0.715. The molecule has 1 fully saturated rings. The Labute approximate surface area is 127 Å². The van der Waals surface area contributed by atoms with Gasteiger partial charge in [0.2, 0.25) is 0 Å². The number of alkyl halides is 1. The molecule has 1 aromatic heterocycles. The summed E-state index contributed by atoms with van der Waals surface area (Å²) in [7, 11) is 1.73. The third-order valence-electron chi connectivity index (χ3n) is 4.27. The number of pyridine rings is 1. The van der Waals surface area contributed by atoms with Crippen LogP contribution in [0.25, 0.3) is 0 Å². The Bertz CT molecular complexity index is 446. The molecule has 112 valence electrons. The molecule has 0 atom stereocenters. The van der Waals surface area contributed by atoms with E-state index in [1.165, 1.54) is 24.8 Å². The number of hydrogen-bond donors (Lipinski definition) is 0. The largest absolute Gasteiger partial charge is 0.496 e. The van der Waals surface area contributed by atoms with Gasteiger partial charge in [-0.2, -0.15) is 0 Å². The van der Waals surface area contributed by atoms with Gasteiger partial charge in [0.15, 0.2) is 0 Å². The molecule has 1 aromatic rings. The molecule has 0 aliphatic heterocycles. The summed E-state index contributed by atoms with van der Waals surface area (Å²) >= 11 is 5.85. The lowest BCUT2D eigenvalue weighted by Crippen LogP contribution is -2.40. The fourth-order valence-electron chi connectivity index (χ4n) is 2.83. The van der Waals surface area contributed by atoms with Crippen LogP contribution in [0.5, 0.6) is 5.75 Å². The van der Waals surface area contributed by atoms with E-state index in [2.05, 4.69) is 16.8 Å². The van der Waals surface area contributed by atoms with Crippen molar-refractivity contribution in [1.82, 2.24) is 9.88 Å². The summed E-state index contributed by atoms with van der Waals surface area (Å²) in [6.07, 6.45) is 6.93. The summed E-state index contributed by atoms with van der Waals surface area (Å²) < 4.78 is 5.50. The van der Waals surface area contributed by atoms with Crippen LogP contribution in [0, 0.1) is 13.8 Å². The number of hydrogen-bond acceptors (Lipinski definition) is 3. The fourth-order valence-corrected chi connectivity index (χ4v) is 2.95.